The van der Waals surface area contributed by atoms with Gasteiger partial charge in [-0.1, -0.05) is 34.6 Å². The van der Waals surface area contributed by atoms with Crippen LogP contribution >= 0.6 is 0 Å². The van der Waals surface area contributed by atoms with Crippen molar-refractivity contribution in [1.29, 1.82) is 0 Å². The first-order chi connectivity index (χ1) is 14.1. The predicted octanol–water partition coefficient (Wildman–Crippen LogP) is 5.24. The molecule has 0 aromatic carbocycles. The number of hydrogen-bond donors (Lipinski definition) is 0. The standard InChI is InChI=1S/C26H42O4/c1-16-12-24(4)17(11-20(16)27)7-8-18-19-9-10-26(29-14-23(2,3)15-30-26)25(19,5)13-21(28-6)22(18)24/h16-19,21-22H,7-15H2,1-6H3. The van der Waals surface area contributed by atoms with E-state index in [1.807, 2.05) is 7.11 Å². The first kappa shape index (κ1) is 21.4. The van der Waals surface area contributed by atoms with Crippen molar-refractivity contribution in [3.8, 4) is 0 Å². The summed E-state index contributed by atoms with van der Waals surface area (Å²) >= 11 is 0. The summed E-state index contributed by atoms with van der Waals surface area (Å²) in [4.78, 5) is 12.5. The minimum absolute atomic E-state index is 0.00461. The van der Waals surface area contributed by atoms with Crippen molar-refractivity contribution in [3.05, 3.63) is 0 Å². The van der Waals surface area contributed by atoms with Gasteiger partial charge in [0.05, 0.1) is 19.3 Å². The summed E-state index contributed by atoms with van der Waals surface area (Å²) in [6.07, 6.45) is 7.69. The Morgan fingerprint density at radius 2 is 1.70 bits per heavy atom. The molecule has 0 bridgehead atoms. The number of methoxy groups -OCH3 is 1. The van der Waals surface area contributed by atoms with Crippen LogP contribution in [0, 0.1) is 45.8 Å². The van der Waals surface area contributed by atoms with E-state index in [0.717, 1.165) is 38.9 Å². The molecule has 4 nitrogen and oxygen atoms in total. The molecule has 4 heteroatoms. The molecule has 1 spiro atoms. The van der Waals surface area contributed by atoms with Crippen LogP contribution in [0.15, 0.2) is 0 Å². The summed E-state index contributed by atoms with van der Waals surface area (Å²) in [6.45, 7) is 13.1. The Labute approximate surface area is 182 Å². The van der Waals surface area contributed by atoms with Crippen LogP contribution in [-0.2, 0) is 19.0 Å². The molecule has 0 aromatic heterocycles. The second kappa shape index (κ2) is 6.78. The molecule has 1 aliphatic heterocycles. The number of ketones is 1. The number of rotatable bonds is 1. The lowest BCUT2D eigenvalue weighted by molar-refractivity contribution is -0.353. The van der Waals surface area contributed by atoms with Gasteiger partial charge in [0.25, 0.3) is 0 Å². The van der Waals surface area contributed by atoms with Crippen LogP contribution in [0.5, 0.6) is 0 Å². The summed E-state index contributed by atoms with van der Waals surface area (Å²) in [5.74, 6) is 2.59. The largest absolute Gasteiger partial charge is 0.381 e. The lowest BCUT2D eigenvalue weighted by Crippen LogP contribution is -2.64. The zero-order chi connectivity index (χ0) is 21.5. The van der Waals surface area contributed by atoms with Crippen molar-refractivity contribution in [3.63, 3.8) is 0 Å². The fourth-order valence-corrected chi connectivity index (χ4v) is 8.85. The molecule has 5 fully saturated rings. The van der Waals surface area contributed by atoms with E-state index in [0.29, 0.717) is 29.5 Å². The zero-order valence-corrected chi connectivity index (χ0v) is 20.0. The second-order valence-corrected chi connectivity index (χ2v) is 12.8. The molecular formula is C26H42O4. The first-order valence-corrected chi connectivity index (χ1v) is 12.4. The predicted molar refractivity (Wildman–Crippen MR) is 116 cm³/mol. The minimum atomic E-state index is -0.442. The fourth-order valence-electron chi connectivity index (χ4n) is 8.85. The maximum atomic E-state index is 12.5. The van der Waals surface area contributed by atoms with Crippen LogP contribution in [0.2, 0.25) is 0 Å². The number of fused-ring (bicyclic) bond motifs is 6. The van der Waals surface area contributed by atoms with Crippen LogP contribution in [0.1, 0.15) is 79.6 Å². The van der Waals surface area contributed by atoms with Crippen molar-refractivity contribution in [2.24, 2.45) is 45.8 Å². The Bertz CT molecular complexity index is 706. The molecule has 0 amide bonds. The number of hydrogen-bond acceptors (Lipinski definition) is 4. The van der Waals surface area contributed by atoms with Crippen molar-refractivity contribution in [2.75, 3.05) is 20.3 Å². The van der Waals surface area contributed by atoms with E-state index in [1.54, 1.807) is 0 Å². The third-order valence-electron chi connectivity index (χ3n) is 10.5. The van der Waals surface area contributed by atoms with Crippen LogP contribution in [0.25, 0.3) is 0 Å². The van der Waals surface area contributed by atoms with Gasteiger partial charge in [0, 0.05) is 36.7 Å². The third kappa shape index (κ3) is 2.78. The quantitative estimate of drug-likeness (QED) is 0.584. The second-order valence-electron chi connectivity index (χ2n) is 12.8. The highest BCUT2D eigenvalue weighted by Crippen LogP contribution is 2.70. The van der Waals surface area contributed by atoms with Gasteiger partial charge in [0.15, 0.2) is 5.79 Å². The Morgan fingerprint density at radius 1 is 1.00 bits per heavy atom. The molecule has 1 saturated heterocycles. The highest BCUT2D eigenvalue weighted by molar-refractivity contribution is 5.82. The molecule has 0 aromatic rings. The SMILES string of the molecule is COC1CC2(C)C(CCC23OCC(C)(C)CO3)C2CCC3CC(=O)C(C)CC3(C)C12. The van der Waals surface area contributed by atoms with Gasteiger partial charge in [-0.25, -0.2) is 0 Å². The summed E-state index contributed by atoms with van der Waals surface area (Å²) in [5.41, 5.74) is 0.308. The van der Waals surface area contributed by atoms with E-state index in [-0.39, 0.29) is 28.3 Å². The van der Waals surface area contributed by atoms with Crippen LogP contribution in [-0.4, -0.2) is 38.0 Å². The van der Waals surface area contributed by atoms with Gasteiger partial charge in [0.2, 0.25) is 0 Å². The molecule has 8 unspecified atom stereocenters. The molecule has 5 aliphatic rings. The van der Waals surface area contributed by atoms with Gasteiger partial charge < -0.3 is 14.2 Å². The third-order valence-corrected chi connectivity index (χ3v) is 10.5. The topological polar surface area (TPSA) is 44.8 Å². The number of ether oxygens (including phenoxy) is 3. The maximum Gasteiger partial charge on any atom is 0.173 e. The van der Waals surface area contributed by atoms with Gasteiger partial charge in [-0.2, -0.15) is 0 Å². The molecule has 8 atom stereocenters. The average Bonchev–Trinajstić information content (AvgIpc) is 2.97. The van der Waals surface area contributed by atoms with Gasteiger partial charge >= 0.3 is 0 Å². The van der Waals surface area contributed by atoms with E-state index in [1.165, 1.54) is 19.3 Å². The van der Waals surface area contributed by atoms with Gasteiger partial charge in [-0.05, 0) is 61.2 Å². The molecule has 170 valence electrons. The van der Waals surface area contributed by atoms with Crippen LogP contribution in [0.4, 0.5) is 0 Å². The van der Waals surface area contributed by atoms with E-state index in [2.05, 4.69) is 34.6 Å². The first-order valence-electron chi connectivity index (χ1n) is 12.4. The van der Waals surface area contributed by atoms with Gasteiger partial charge in [-0.15, -0.1) is 0 Å². The van der Waals surface area contributed by atoms with Crippen molar-refractivity contribution >= 4 is 5.78 Å². The maximum absolute atomic E-state index is 12.5. The van der Waals surface area contributed by atoms with E-state index in [4.69, 9.17) is 14.2 Å². The molecule has 1 heterocycles. The van der Waals surface area contributed by atoms with E-state index in [9.17, 15) is 4.79 Å². The highest BCUT2D eigenvalue weighted by atomic mass is 16.7. The summed E-state index contributed by atoms with van der Waals surface area (Å²) in [6, 6.07) is 0. The van der Waals surface area contributed by atoms with Gasteiger partial charge in [-0.3, -0.25) is 4.79 Å². The minimum Gasteiger partial charge on any atom is -0.381 e. The van der Waals surface area contributed by atoms with Crippen LogP contribution in [0.3, 0.4) is 0 Å². The normalized spacial score (nSPS) is 51.9. The Balaban J connectivity index is 1.49. The van der Waals surface area contributed by atoms with Gasteiger partial charge in [0.1, 0.15) is 5.78 Å². The van der Waals surface area contributed by atoms with Crippen LogP contribution < -0.4 is 0 Å². The van der Waals surface area contributed by atoms with E-state index >= 15 is 0 Å². The number of Topliss-reactive ketones (excluding diaryl/α,β-unsaturated/α-hetero) is 1. The monoisotopic (exact) mass is 418 g/mol. The van der Waals surface area contributed by atoms with Crippen molar-refractivity contribution < 1.29 is 19.0 Å². The summed E-state index contributed by atoms with van der Waals surface area (Å²) in [7, 11) is 1.91. The highest BCUT2D eigenvalue weighted by Gasteiger charge is 2.70. The average molecular weight is 419 g/mol. The number of carbonyl (C=O) groups is 1. The number of carbonyl (C=O) groups excluding carboxylic acids is 1. The molecule has 0 N–H and O–H groups in total. The smallest absolute Gasteiger partial charge is 0.173 e. The summed E-state index contributed by atoms with van der Waals surface area (Å²) < 4.78 is 19.5. The van der Waals surface area contributed by atoms with Crippen molar-refractivity contribution in [2.45, 2.75) is 91.5 Å². The molecule has 0 radical (unpaired) electrons. The zero-order valence-electron chi connectivity index (χ0n) is 20.0. The molecule has 4 aliphatic carbocycles. The molecule has 5 rings (SSSR count). The lowest BCUT2D eigenvalue weighted by Gasteiger charge is -2.64. The summed E-state index contributed by atoms with van der Waals surface area (Å²) in [5, 5.41) is 0. The Kier molecular flexibility index (Phi) is 4.83. The lowest BCUT2D eigenvalue weighted by atomic mass is 9.43. The van der Waals surface area contributed by atoms with E-state index < -0.39 is 5.79 Å². The van der Waals surface area contributed by atoms with Crippen molar-refractivity contribution in [1.82, 2.24) is 0 Å². The fraction of sp³-hybridized carbons (Fsp3) is 0.962. The molecular weight excluding hydrogens is 376 g/mol. The molecule has 30 heavy (non-hydrogen) atoms. The Hall–Kier alpha value is -0.450. The Morgan fingerprint density at radius 3 is 2.37 bits per heavy atom. The molecule has 4 saturated carbocycles.